The van der Waals surface area contributed by atoms with Gasteiger partial charge >= 0.3 is 0 Å². The number of amides is 2. The fourth-order valence-corrected chi connectivity index (χ4v) is 3.93. The van der Waals surface area contributed by atoms with E-state index in [9.17, 15) is 9.59 Å². The molecule has 1 aromatic heterocycles. The van der Waals surface area contributed by atoms with Crippen LogP contribution in [0.15, 0.2) is 12.4 Å². The molecule has 0 bridgehead atoms. The van der Waals surface area contributed by atoms with E-state index in [0.717, 1.165) is 32.2 Å². The second-order valence-corrected chi connectivity index (χ2v) is 6.83. The molecule has 2 aliphatic rings. The molecule has 0 spiro atoms. The predicted molar refractivity (Wildman–Crippen MR) is 88.3 cm³/mol. The number of piperidine rings is 2. The van der Waals surface area contributed by atoms with E-state index in [2.05, 4.69) is 5.10 Å². The molecule has 0 aliphatic carbocycles. The lowest BCUT2D eigenvalue weighted by atomic mass is 9.83. The van der Waals surface area contributed by atoms with Crippen LogP contribution in [0.4, 0.5) is 0 Å². The molecule has 2 amide bonds. The van der Waals surface area contributed by atoms with Crippen LogP contribution in [-0.4, -0.2) is 68.8 Å². The van der Waals surface area contributed by atoms with Crippen LogP contribution in [0, 0.1) is 5.92 Å². The average molecular weight is 334 g/mol. The normalized spacial score (nSPS) is 24.2. The Morgan fingerprint density at radius 1 is 1.38 bits per heavy atom. The number of hydrogen-bond acceptors (Lipinski definition) is 4. The van der Waals surface area contributed by atoms with Gasteiger partial charge in [-0.2, -0.15) is 5.10 Å². The Balaban J connectivity index is 1.63. The first-order chi connectivity index (χ1) is 11.6. The summed E-state index contributed by atoms with van der Waals surface area (Å²) >= 11 is 0. The van der Waals surface area contributed by atoms with Gasteiger partial charge in [-0.15, -0.1) is 0 Å². The quantitative estimate of drug-likeness (QED) is 0.802. The Labute approximate surface area is 142 Å². The van der Waals surface area contributed by atoms with Crippen molar-refractivity contribution in [2.24, 2.45) is 13.0 Å². The van der Waals surface area contributed by atoms with Gasteiger partial charge in [0.1, 0.15) is 0 Å². The lowest BCUT2D eigenvalue weighted by Gasteiger charge is -2.47. The molecule has 2 fully saturated rings. The van der Waals surface area contributed by atoms with Crippen molar-refractivity contribution in [1.82, 2.24) is 19.6 Å². The number of fused-ring (bicyclic) bond motifs is 1. The minimum absolute atomic E-state index is 0.0327. The third-order valence-corrected chi connectivity index (χ3v) is 5.19. The molecule has 3 heterocycles. The van der Waals surface area contributed by atoms with Crippen molar-refractivity contribution < 1.29 is 14.7 Å². The van der Waals surface area contributed by atoms with Crippen LogP contribution in [0.2, 0.25) is 0 Å². The minimum atomic E-state index is 0.0327. The van der Waals surface area contributed by atoms with Gasteiger partial charge in [-0.1, -0.05) is 0 Å². The van der Waals surface area contributed by atoms with E-state index < -0.39 is 0 Å². The number of hydrogen-bond donors (Lipinski definition) is 1. The van der Waals surface area contributed by atoms with Crippen molar-refractivity contribution in [2.75, 3.05) is 26.2 Å². The fourth-order valence-electron chi connectivity index (χ4n) is 3.93. The summed E-state index contributed by atoms with van der Waals surface area (Å²) < 4.78 is 1.64. The third kappa shape index (κ3) is 3.45. The first-order valence-corrected chi connectivity index (χ1v) is 8.78. The monoisotopic (exact) mass is 334 g/mol. The molecule has 1 N–H and O–H groups in total. The highest BCUT2D eigenvalue weighted by molar-refractivity contribution is 5.93. The largest absolute Gasteiger partial charge is 0.396 e. The van der Waals surface area contributed by atoms with Crippen molar-refractivity contribution in [3.05, 3.63) is 18.0 Å². The zero-order chi connectivity index (χ0) is 17.1. The summed E-state index contributed by atoms with van der Waals surface area (Å²) in [6.07, 6.45) is 7.18. The standard InChI is InChI=1S/C17H26N4O3/c1-19-11-14(10-18-19)17(24)20-8-6-15-13(12-20)4-5-16(23)21(15)7-2-3-9-22/h10-11,13,15,22H,2-9,12H2,1H3/t13-,15+/m0/s1. The number of carbonyl (C=O) groups excluding carboxylic acids is 2. The van der Waals surface area contributed by atoms with E-state index in [-0.39, 0.29) is 24.5 Å². The smallest absolute Gasteiger partial charge is 0.257 e. The number of aryl methyl sites for hydroxylation is 1. The van der Waals surface area contributed by atoms with Crippen LogP contribution >= 0.6 is 0 Å². The zero-order valence-electron chi connectivity index (χ0n) is 14.2. The fraction of sp³-hybridized carbons (Fsp3) is 0.706. The number of nitrogens with zero attached hydrogens (tertiary/aromatic N) is 4. The van der Waals surface area contributed by atoms with Crippen LogP contribution in [0.25, 0.3) is 0 Å². The third-order valence-electron chi connectivity index (χ3n) is 5.19. The molecule has 0 saturated carbocycles. The van der Waals surface area contributed by atoms with Crippen molar-refractivity contribution in [2.45, 2.75) is 38.1 Å². The van der Waals surface area contributed by atoms with Gasteiger partial charge in [0.25, 0.3) is 5.91 Å². The van der Waals surface area contributed by atoms with Crippen LogP contribution in [0.1, 0.15) is 42.5 Å². The molecule has 7 nitrogen and oxygen atoms in total. The van der Waals surface area contributed by atoms with Gasteiger partial charge in [0, 0.05) is 51.9 Å². The van der Waals surface area contributed by atoms with Crippen molar-refractivity contribution >= 4 is 11.8 Å². The number of aromatic nitrogens is 2. The maximum Gasteiger partial charge on any atom is 0.257 e. The van der Waals surface area contributed by atoms with E-state index in [1.54, 1.807) is 24.1 Å². The summed E-state index contributed by atoms with van der Waals surface area (Å²) in [5.41, 5.74) is 0.627. The molecular weight excluding hydrogens is 308 g/mol. The van der Waals surface area contributed by atoms with Gasteiger partial charge in [-0.3, -0.25) is 14.3 Å². The molecule has 0 radical (unpaired) electrons. The minimum Gasteiger partial charge on any atom is -0.396 e. The van der Waals surface area contributed by atoms with Crippen molar-refractivity contribution in [3.8, 4) is 0 Å². The van der Waals surface area contributed by atoms with E-state index in [1.165, 1.54) is 0 Å². The molecule has 0 unspecified atom stereocenters. The van der Waals surface area contributed by atoms with E-state index in [0.29, 0.717) is 31.0 Å². The van der Waals surface area contributed by atoms with Crippen LogP contribution in [0.5, 0.6) is 0 Å². The van der Waals surface area contributed by atoms with Crippen molar-refractivity contribution in [3.63, 3.8) is 0 Å². The van der Waals surface area contributed by atoms with Crippen LogP contribution in [-0.2, 0) is 11.8 Å². The predicted octanol–water partition coefficient (Wildman–Crippen LogP) is 0.646. The Bertz CT molecular complexity index is 600. The van der Waals surface area contributed by atoms with E-state index in [4.69, 9.17) is 5.11 Å². The summed E-state index contributed by atoms with van der Waals surface area (Å²) in [7, 11) is 1.81. The zero-order valence-corrected chi connectivity index (χ0v) is 14.2. The van der Waals surface area contributed by atoms with Gasteiger partial charge in [0.2, 0.25) is 5.91 Å². The summed E-state index contributed by atoms with van der Waals surface area (Å²) in [4.78, 5) is 28.8. The van der Waals surface area contributed by atoms with Gasteiger partial charge in [-0.05, 0) is 31.6 Å². The lowest BCUT2D eigenvalue weighted by molar-refractivity contribution is -0.140. The second-order valence-electron chi connectivity index (χ2n) is 6.83. The van der Waals surface area contributed by atoms with E-state index >= 15 is 0 Å². The Hall–Kier alpha value is -1.89. The number of unbranched alkanes of at least 4 members (excludes halogenated alkanes) is 1. The first kappa shape index (κ1) is 17.0. The highest BCUT2D eigenvalue weighted by Gasteiger charge is 2.40. The maximum absolute atomic E-state index is 12.6. The average Bonchev–Trinajstić information content (AvgIpc) is 3.02. The van der Waals surface area contributed by atoms with Crippen molar-refractivity contribution in [1.29, 1.82) is 0 Å². The number of aliphatic hydroxyl groups excluding tert-OH is 1. The number of likely N-dealkylation sites (tertiary alicyclic amines) is 2. The molecular formula is C17H26N4O3. The summed E-state index contributed by atoms with van der Waals surface area (Å²) in [6, 6.07) is 0.239. The summed E-state index contributed by atoms with van der Waals surface area (Å²) in [6.45, 7) is 2.28. The number of aliphatic hydroxyl groups is 1. The number of carbonyl (C=O) groups is 2. The summed E-state index contributed by atoms with van der Waals surface area (Å²) in [5.74, 6) is 0.609. The van der Waals surface area contributed by atoms with Gasteiger partial charge in [0.15, 0.2) is 0 Å². The first-order valence-electron chi connectivity index (χ1n) is 8.78. The molecule has 0 aromatic carbocycles. The van der Waals surface area contributed by atoms with Gasteiger partial charge in [-0.25, -0.2) is 0 Å². The maximum atomic E-state index is 12.6. The molecule has 2 aliphatic heterocycles. The molecule has 2 atom stereocenters. The molecule has 2 saturated heterocycles. The molecule has 7 heteroatoms. The number of rotatable bonds is 5. The lowest BCUT2D eigenvalue weighted by Crippen LogP contribution is -2.57. The molecule has 3 rings (SSSR count). The highest BCUT2D eigenvalue weighted by atomic mass is 16.3. The Morgan fingerprint density at radius 3 is 2.92 bits per heavy atom. The topological polar surface area (TPSA) is 78.7 Å². The Morgan fingerprint density at radius 2 is 2.21 bits per heavy atom. The second kappa shape index (κ2) is 7.34. The van der Waals surface area contributed by atoms with Crippen LogP contribution in [0.3, 0.4) is 0 Å². The van der Waals surface area contributed by atoms with E-state index in [1.807, 2.05) is 9.80 Å². The van der Waals surface area contributed by atoms with Crippen LogP contribution < -0.4 is 0 Å². The molecule has 1 aromatic rings. The SMILES string of the molecule is Cn1cc(C(=O)N2CC[C@@H]3[C@@H](CCC(=O)N3CCCCO)C2)cn1. The Kier molecular flexibility index (Phi) is 5.18. The molecule has 24 heavy (non-hydrogen) atoms. The molecule has 132 valence electrons. The van der Waals surface area contributed by atoms with Gasteiger partial charge in [0.05, 0.1) is 11.8 Å². The van der Waals surface area contributed by atoms with Gasteiger partial charge < -0.3 is 14.9 Å². The highest BCUT2D eigenvalue weighted by Crippen LogP contribution is 2.32. The summed E-state index contributed by atoms with van der Waals surface area (Å²) in [5, 5.41) is 13.0.